The van der Waals surface area contributed by atoms with Crippen LogP contribution in [-0.4, -0.2) is 91.9 Å². The quantitative estimate of drug-likeness (QED) is 0.121. The number of piperidine rings is 1. The molecule has 0 saturated carbocycles. The van der Waals surface area contributed by atoms with Crippen molar-refractivity contribution in [2.24, 2.45) is 0 Å². The monoisotopic (exact) mass is 742 g/mol. The molecule has 7 rings (SSSR count). The van der Waals surface area contributed by atoms with E-state index in [-0.39, 0.29) is 53.7 Å². The van der Waals surface area contributed by atoms with Crippen molar-refractivity contribution in [3.63, 3.8) is 0 Å². The van der Waals surface area contributed by atoms with E-state index in [0.717, 1.165) is 27.0 Å². The summed E-state index contributed by atoms with van der Waals surface area (Å²) in [7, 11) is 0. The third kappa shape index (κ3) is 7.71. The number of aliphatic hydroxyl groups is 1. The van der Waals surface area contributed by atoms with Crippen LogP contribution in [0.5, 0.6) is 5.75 Å². The average molecular weight is 743 g/mol. The molecule has 1 spiro atoms. The van der Waals surface area contributed by atoms with Gasteiger partial charge in [0.15, 0.2) is 0 Å². The number of phenolic OH excluding ortho intramolecular Hbond substituents is 1. The molecule has 4 heterocycles. The van der Waals surface area contributed by atoms with Gasteiger partial charge in [-0.2, -0.15) is 13.2 Å². The van der Waals surface area contributed by atoms with Gasteiger partial charge in [0.2, 0.25) is 11.7 Å². The van der Waals surface area contributed by atoms with Crippen molar-refractivity contribution in [1.29, 1.82) is 0 Å². The maximum Gasteiger partial charge on any atom is 0.449 e. The molecular weight excluding hydrogens is 704 g/mol. The molecule has 0 aliphatic carbocycles. The van der Waals surface area contributed by atoms with Crippen LogP contribution in [0.3, 0.4) is 0 Å². The molecule has 11 nitrogen and oxygen atoms in total. The second-order valence-corrected chi connectivity index (χ2v) is 14.4. The topological polar surface area (TPSA) is 136 Å². The number of para-hydroxylation sites is 2. The average Bonchev–Trinajstić information content (AvgIpc) is 3.69. The van der Waals surface area contributed by atoms with Crippen molar-refractivity contribution in [3.05, 3.63) is 92.6 Å². The number of alkyl halides is 3. The van der Waals surface area contributed by atoms with Crippen LogP contribution in [0.2, 0.25) is 0 Å². The molecule has 2 aromatic heterocycles. The van der Waals surface area contributed by atoms with Gasteiger partial charge < -0.3 is 34.7 Å². The summed E-state index contributed by atoms with van der Waals surface area (Å²) < 4.78 is 63.8. The van der Waals surface area contributed by atoms with Gasteiger partial charge >= 0.3 is 11.0 Å². The maximum absolute atomic E-state index is 14.7. The number of nitrogens with one attached hydrogen (secondary N) is 2. The highest BCUT2D eigenvalue weighted by Gasteiger charge is 2.42. The highest BCUT2D eigenvalue weighted by atomic mass is 32.1. The molecule has 4 N–H and O–H groups in total. The SMILES string of the molecule is O=C(Cn1c(C(F)(F)F)nc2ccccc21)N1CCOC2(CCN(Cc3cc(F)cc(CCNC[C@H](O)c4ccc(O)c5[nH]c(=O)sc45)c3)CC2)C1. The Bertz CT molecular complexity index is 2140. The number of thiazole rings is 1. The highest BCUT2D eigenvalue weighted by molar-refractivity contribution is 7.16. The predicted octanol–water partition coefficient (Wildman–Crippen LogP) is 4.56. The zero-order valence-electron chi connectivity index (χ0n) is 28.1. The summed E-state index contributed by atoms with van der Waals surface area (Å²) >= 11 is 0.923. The Morgan fingerprint density at radius 1 is 1.10 bits per heavy atom. The number of carbonyl (C=O) groups excluding carboxylic acids is 1. The van der Waals surface area contributed by atoms with E-state index in [1.54, 1.807) is 23.1 Å². The zero-order valence-corrected chi connectivity index (χ0v) is 28.9. The van der Waals surface area contributed by atoms with Crippen molar-refractivity contribution >= 4 is 38.5 Å². The molecule has 1 atom stereocenters. The van der Waals surface area contributed by atoms with Crippen LogP contribution in [0.1, 0.15) is 41.5 Å². The van der Waals surface area contributed by atoms with Gasteiger partial charge in [0.05, 0.1) is 34.0 Å². The standard InChI is InChI=1S/C36H38F4N6O5S/c37-24-16-22(7-10-41-18-29(48)25-5-6-28(47)31-32(25)52-34(50)43-31)15-23(17-24)19-44-11-8-35(9-12-44)21-45(13-14-51-35)30(49)20-46-27-4-2-1-3-26(27)42-33(46)36(38,39)40/h1-6,15-17,29,41,47-48H,7-14,18-21H2,(H,43,50)/t29-/m0/s1. The van der Waals surface area contributed by atoms with E-state index in [1.807, 2.05) is 6.07 Å². The van der Waals surface area contributed by atoms with Crippen LogP contribution >= 0.6 is 11.3 Å². The summed E-state index contributed by atoms with van der Waals surface area (Å²) in [6.07, 6.45) is -3.89. The van der Waals surface area contributed by atoms with Gasteiger partial charge in [-0.15, -0.1) is 0 Å². The number of nitrogens with zero attached hydrogens (tertiary/aromatic N) is 4. The van der Waals surface area contributed by atoms with E-state index < -0.39 is 36.2 Å². The van der Waals surface area contributed by atoms with Crippen LogP contribution in [0, 0.1) is 5.82 Å². The van der Waals surface area contributed by atoms with Crippen molar-refractivity contribution in [3.8, 4) is 5.75 Å². The number of phenols is 1. The van der Waals surface area contributed by atoms with Crippen LogP contribution in [-0.2, 0) is 35.2 Å². The Hall–Kier alpha value is -4.35. The number of fused-ring (bicyclic) bond motifs is 2. The number of hydrogen-bond acceptors (Lipinski definition) is 9. The fraction of sp³-hybridized carbons (Fsp3) is 0.417. The van der Waals surface area contributed by atoms with Gasteiger partial charge in [-0.05, 0) is 67.3 Å². The number of aromatic amines is 1. The summed E-state index contributed by atoms with van der Waals surface area (Å²) in [5.74, 6) is -1.93. The van der Waals surface area contributed by atoms with Crippen molar-refractivity contribution in [2.45, 2.75) is 50.2 Å². The molecule has 52 heavy (non-hydrogen) atoms. The number of rotatable bonds is 10. The van der Waals surface area contributed by atoms with E-state index in [4.69, 9.17) is 4.74 Å². The highest BCUT2D eigenvalue weighted by Crippen LogP contribution is 2.34. The normalized spacial score (nSPS) is 17.4. The molecule has 0 radical (unpaired) electrons. The first kappa shape index (κ1) is 36.0. The number of aromatic hydroxyl groups is 1. The molecule has 5 aromatic rings. The first-order valence-corrected chi connectivity index (χ1v) is 17.9. The Kier molecular flexibility index (Phi) is 10.1. The number of ether oxygens (including phenoxy) is 1. The van der Waals surface area contributed by atoms with Crippen LogP contribution in [0.4, 0.5) is 17.6 Å². The lowest BCUT2D eigenvalue weighted by molar-refractivity contribution is -0.161. The van der Waals surface area contributed by atoms with Gasteiger partial charge in [0, 0.05) is 44.8 Å². The number of aliphatic hydroxyl groups excluding tert-OH is 1. The fourth-order valence-electron chi connectivity index (χ4n) is 7.26. The predicted molar refractivity (Wildman–Crippen MR) is 187 cm³/mol. The summed E-state index contributed by atoms with van der Waals surface area (Å²) in [6.45, 7) is 2.83. The number of halogens is 4. The van der Waals surface area contributed by atoms with Crippen molar-refractivity contribution in [2.75, 3.05) is 45.9 Å². The van der Waals surface area contributed by atoms with Crippen LogP contribution in [0.15, 0.2) is 59.4 Å². The Morgan fingerprint density at radius 2 is 1.87 bits per heavy atom. The number of morpholine rings is 1. The van der Waals surface area contributed by atoms with E-state index in [1.165, 1.54) is 30.3 Å². The summed E-state index contributed by atoms with van der Waals surface area (Å²) in [5.41, 5.74) is 2.26. The minimum absolute atomic E-state index is 0.0613. The van der Waals surface area contributed by atoms with Gasteiger partial charge in [-0.25, -0.2) is 9.37 Å². The summed E-state index contributed by atoms with van der Waals surface area (Å²) in [5, 5.41) is 24.0. The Labute approximate surface area is 299 Å². The van der Waals surface area contributed by atoms with Crippen molar-refractivity contribution in [1.82, 2.24) is 29.7 Å². The third-order valence-electron chi connectivity index (χ3n) is 9.87. The summed E-state index contributed by atoms with van der Waals surface area (Å²) in [6, 6.07) is 14.2. The number of likely N-dealkylation sites (tertiary alicyclic amines) is 1. The van der Waals surface area contributed by atoms with Crippen molar-refractivity contribution < 1.29 is 37.3 Å². The summed E-state index contributed by atoms with van der Waals surface area (Å²) in [4.78, 5) is 35.0. The molecule has 0 bridgehead atoms. The number of H-pyrrole nitrogens is 1. The van der Waals surface area contributed by atoms with Gasteiger partial charge in [-0.1, -0.05) is 35.6 Å². The fourth-order valence-corrected chi connectivity index (χ4v) is 8.18. The minimum Gasteiger partial charge on any atom is -0.506 e. The molecular formula is C36H38F4N6O5S. The molecule has 16 heteroatoms. The molecule has 2 fully saturated rings. The second kappa shape index (κ2) is 14.6. The van der Waals surface area contributed by atoms with Gasteiger partial charge in [0.25, 0.3) is 0 Å². The maximum atomic E-state index is 14.7. The van der Waals surface area contributed by atoms with E-state index in [0.29, 0.717) is 61.2 Å². The van der Waals surface area contributed by atoms with Crippen LogP contribution < -0.4 is 10.2 Å². The number of carbonyl (C=O) groups is 1. The van der Waals surface area contributed by atoms with E-state index >= 15 is 0 Å². The molecule has 2 saturated heterocycles. The lowest BCUT2D eigenvalue weighted by atomic mass is 9.89. The molecule has 0 unspecified atom stereocenters. The number of benzene rings is 3. The largest absolute Gasteiger partial charge is 0.506 e. The Morgan fingerprint density at radius 3 is 2.65 bits per heavy atom. The number of hydrogen-bond donors (Lipinski definition) is 4. The van der Waals surface area contributed by atoms with Crippen LogP contribution in [0.25, 0.3) is 21.3 Å². The lowest BCUT2D eigenvalue weighted by Crippen LogP contribution is -2.58. The van der Waals surface area contributed by atoms with Gasteiger partial charge in [0.1, 0.15) is 23.6 Å². The molecule has 1 amide bonds. The number of imidazole rings is 1. The first-order chi connectivity index (χ1) is 24.9. The second-order valence-electron chi connectivity index (χ2n) is 13.5. The van der Waals surface area contributed by atoms with E-state index in [9.17, 15) is 37.4 Å². The first-order valence-electron chi connectivity index (χ1n) is 17.1. The molecule has 3 aromatic carbocycles. The third-order valence-corrected chi connectivity index (χ3v) is 10.8. The molecule has 2 aliphatic heterocycles. The van der Waals surface area contributed by atoms with E-state index in [2.05, 4.69) is 20.2 Å². The molecule has 2 aliphatic rings. The Balaban J connectivity index is 0.913. The number of amides is 1. The lowest BCUT2D eigenvalue weighted by Gasteiger charge is -2.47. The van der Waals surface area contributed by atoms with Gasteiger partial charge in [-0.3, -0.25) is 14.5 Å². The number of aromatic nitrogens is 3. The molecule has 276 valence electrons. The minimum atomic E-state index is -4.71. The zero-order chi connectivity index (χ0) is 36.6. The smallest absolute Gasteiger partial charge is 0.449 e.